The minimum atomic E-state index is -4.63. The fourth-order valence-electron chi connectivity index (χ4n) is 6.48. The molecule has 0 bridgehead atoms. The maximum absolute atomic E-state index is 12.7. The van der Waals surface area contributed by atoms with Gasteiger partial charge in [0.2, 0.25) is 0 Å². The van der Waals surface area contributed by atoms with Crippen molar-refractivity contribution in [3.8, 4) is 0 Å². The van der Waals surface area contributed by atoms with Crippen molar-refractivity contribution in [2.45, 2.75) is 213 Å². The molecule has 0 aromatic heterocycles. The van der Waals surface area contributed by atoms with E-state index in [1.165, 1.54) is 109 Å². The Balaban J connectivity index is 4.33. The number of quaternary nitrogens is 1. The van der Waals surface area contributed by atoms with Crippen molar-refractivity contribution in [3.63, 3.8) is 0 Å². The molecule has 0 N–H and O–H groups in total. The summed E-state index contributed by atoms with van der Waals surface area (Å²) in [5, 5.41) is 0. The van der Waals surface area contributed by atoms with Gasteiger partial charge in [0.05, 0.1) is 27.7 Å². The van der Waals surface area contributed by atoms with E-state index in [1.54, 1.807) is 0 Å². The fraction of sp³-hybridized carbons (Fsp3) is 0.800. The molecule has 350 valence electrons. The monoisotopic (exact) mass is 866 g/mol. The minimum Gasteiger partial charge on any atom is -0.756 e. The molecule has 0 saturated heterocycles. The van der Waals surface area contributed by atoms with Gasteiger partial charge in [-0.05, 0) is 77.0 Å². The second kappa shape index (κ2) is 42.3. The van der Waals surface area contributed by atoms with Crippen molar-refractivity contribution in [3.05, 3.63) is 48.6 Å². The van der Waals surface area contributed by atoms with Crippen LogP contribution in [0.4, 0.5) is 0 Å². The summed E-state index contributed by atoms with van der Waals surface area (Å²) in [6.07, 6.45) is 49.9. The molecule has 0 aromatic carbocycles. The normalized spacial score (nSPS) is 13.9. The molecular weight excluding hydrogens is 774 g/mol. The van der Waals surface area contributed by atoms with Crippen LogP contribution in [0.5, 0.6) is 0 Å². The first kappa shape index (κ1) is 58.0. The first-order valence-electron chi connectivity index (χ1n) is 24.3. The standard InChI is InChI=1S/C50H92NO8P/c1-6-8-10-12-14-16-18-20-22-24-25-27-29-31-33-35-37-39-41-43-50(53)59-48(47-58-60(54,55)57-45-44-51(3,4)5)46-56-49(52)42-40-38-36-34-32-30-28-26-23-21-19-17-15-13-11-9-7-2/h15,17,20-23,28,30,48H,6-14,16,18-19,24-27,29,31-47H2,1-5H3/b17-15+,22-20+,23-21+,30-28+/t48-/m1/s1. The lowest BCUT2D eigenvalue weighted by Gasteiger charge is -2.28. The lowest BCUT2D eigenvalue weighted by atomic mass is 10.1. The SMILES string of the molecule is CCCCC/C=C/C/C=C/C/C=C/CCCCCCC(=O)OC[C@H](COP(=O)([O-])OCC[N+](C)(C)C)OC(=O)CCCCCCCCCCC/C=C/CCCCCCCC. The number of nitrogens with zero attached hydrogens (tertiary/aromatic N) is 1. The average molecular weight is 866 g/mol. The van der Waals surface area contributed by atoms with Crippen molar-refractivity contribution in [1.82, 2.24) is 0 Å². The molecule has 0 heterocycles. The number of hydrogen-bond acceptors (Lipinski definition) is 8. The van der Waals surface area contributed by atoms with Crippen LogP contribution in [0.1, 0.15) is 206 Å². The maximum atomic E-state index is 12.7. The largest absolute Gasteiger partial charge is 0.756 e. The highest BCUT2D eigenvalue weighted by atomic mass is 31.2. The Morgan fingerprint density at radius 3 is 1.38 bits per heavy atom. The van der Waals surface area contributed by atoms with Gasteiger partial charge in [0, 0.05) is 12.8 Å². The molecule has 0 aliphatic rings. The number of carbonyl (C=O) groups is 2. The van der Waals surface area contributed by atoms with Gasteiger partial charge in [0.1, 0.15) is 19.8 Å². The zero-order chi connectivity index (χ0) is 44.3. The van der Waals surface area contributed by atoms with Gasteiger partial charge in [-0.25, -0.2) is 0 Å². The lowest BCUT2D eigenvalue weighted by Crippen LogP contribution is -2.37. The quantitative estimate of drug-likeness (QED) is 0.0196. The Kier molecular flexibility index (Phi) is 40.8. The summed E-state index contributed by atoms with van der Waals surface area (Å²) >= 11 is 0. The summed E-state index contributed by atoms with van der Waals surface area (Å²) in [6, 6.07) is 0. The van der Waals surface area contributed by atoms with E-state index < -0.39 is 32.5 Å². The topological polar surface area (TPSA) is 111 Å². The van der Waals surface area contributed by atoms with Crippen molar-refractivity contribution in [1.29, 1.82) is 0 Å². The maximum Gasteiger partial charge on any atom is 0.306 e. The molecule has 0 rings (SSSR count). The van der Waals surface area contributed by atoms with Crippen molar-refractivity contribution >= 4 is 19.8 Å². The highest BCUT2D eigenvalue weighted by Gasteiger charge is 2.21. The third-order valence-electron chi connectivity index (χ3n) is 10.3. The molecule has 0 fully saturated rings. The highest BCUT2D eigenvalue weighted by Crippen LogP contribution is 2.38. The molecule has 2 atom stereocenters. The molecule has 1 unspecified atom stereocenters. The van der Waals surface area contributed by atoms with E-state index in [4.69, 9.17) is 18.5 Å². The van der Waals surface area contributed by atoms with Crippen LogP contribution in [-0.2, 0) is 32.7 Å². The van der Waals surface area contributed by atoms with Crippen LogP contribution in [0.2, 0.25) is 0 Å². The van der Waals surface area contributed by atoms with Gasteiger partial charge in [0.25, 0.3) is 7.82 Å². The summed E-state index contributed by atoms with van der Waals surface area (Å²) in [4.78, 5) is 37.6. The van der Waals surface area contributed by atoms with Crippen molar-refractivity contribution in [2.24, 2.45) is 0 Å². The predicted octanol–water partition coefficient (Wildman–Crippen LogP) is 13.6. The Labute approximate surface area is 369 Å². The summed E-state index contributed by atoms with van der Waals surface area (Å²) in [5.41, 5.74) is 0. The van der Waals surface area contributed by atoms with E-state index in [0.717, 1.165) is 57.8 Å². The summed E-state index contributed by atoms with van der Waals surface area (Å²) in [7, 11) is 1.15. The molecule has 60 heavy (non-hydrogen) atoms. The molecule has 0 saturated carbocycles. The van der Waals surface area contributed by atoms with E-state index in [2.05, 4.69) is 62.5 Å². The second-order valence-corrected chi connectivity index (χ2v) is 18.9. The van der Waals surface area contributed by atoms with Crippen LogP contribution in [0.25, 0.3) is 0 Å². The number of hydrogen-bond donors (Lipinski definition) is 0. The van der Waals surface area contributed by atoms with E-state index >= 15 is 0 Å². The molecular formula is C50H92NO8P. The van der Waals surface area contributed by atoms with Crippen LogP contribution in [0.3, 0.4) is 0 Å². The van der Waals surface area contributed by atoms with E-state index in [9.17, 15) is 19.0 Å². The fourth-order valence-corrected chi connectivity index (χ4v) is 7.21. The van der Waals surface area contributed by atoms with E-state index in [0.29, 0.717) is 23.9 Å². The van der Waals surface area contributed by atoms with Gasteiger partial charge >= 0.3 is 11.9 Å². The summed E-state index contributed by atoms with van der Waals surface area (Å²) < 4.78 is 34.0. The number of allylic oxidation sites excluding steroid dienone is 8. The van der Waals surface area contributed by atoms with E-state index in [-0.39, 0.29) is 26.1 Å². The Morgan fingerprint density at radius 2 is 0.900 bits per heavy atom. The second-order valence-electron chi connectivity index (χ2n) is 17.5. The number of likely N-dealkylation sites (N-methyl/N-ethyl adjacent to an activating group) is 1. The van der Waals surface area contributed by atoms with Crippen molar-refractivity contribution in [2.75, 3.05) is 47.5 Å². The van der Waals surface area contributed by atoms with Gasteiger partial charge in [-0.1, -0.05) is 165 Å². The first-order valence-corrected chi connectivity index (χ1v) is 25.8. The molecule has 9 nitrogen and oxygen atoms in total. The number of carbonyl (C=O) groups excluding carboxylic acids is 2. The van der Waals surface area contributed by atoms with Crippen LogP contribution in [0, 0.1) is 0 Å². The number of rotatable bonds is 44. The van der Waals surface area contributed by atoms with E-state index in [1.807, 2.05) is 21.1 Å². The molecule has 0 aliphatic carbocycles. The van der Waals surface area contributed by atoms with Crippen molar-refractivity contribution < 1.29 is 42.1 Å². The van der Waals surface area contributed by atoms with Crippen LogP contribution in [0.15, 0.2) is 48.6 Å². The zero-order valence-corrected chi connectivity index (χ0v) is 40.3. The Morgan fingerprint density at radius 1 is 0.517 bits per heavy atom. The lowest BCUT2D eigenvalue weighted by molar-refractivity contribution is -0.870. The molecule has 0 radical (unpaired) electrons. The molecule has 0 aromatic rings. The van der Waals surface area contributed by atoms with Gasteiger partial charge in [-0.15, -0.1) is 0 Å². The van der Waals surface area contributed by atoms with Crippen LogP contribution in [-0.4, -0.2) is 70.0 Å². The van der Waals surface area contributed by atoms with Crippen LogP contribution >= 0.6 is 7.82 Å². The Bertz CT molecular complexity index is 1160. The molecule has 0 aliphatic heterocycles. The van der Waals surface area contributed by atoms with Gasteiger partial charge in [-0.2, -0.15) is 0 Å². The third-order valence-corrected chi connectivity index (χ3v) is 11.3. The molecule has 0 spiro atoms. The number of phosphoric acid groups is 1. The number of unbranched alkanes of at least 4 members (excludes halogenated alkanes) is 22. The highest BCUT2D eigenvalue weighted by molar-refractivity contribution is 7.45. The number of ether oxygens (including phenoxy) is 2. The predicted molar refractivity (Wildman–Crippen MR) is 250 cm³/mol. The first-order chi connectivity index (χ1) is 29.0. The van der Waals surface area contributed by atoms with Gasteiger partial charge < -0.3 is 27.9 Å². The average Bonchev–Trinajstić information content (AvgIpc) is 3.20. The van der Waals surface area contributed by atoms with Gasteiger partial charge in [-0.3, -0.25) is 14.2 Å². The van der Waals surface area contributed by atoms with Crippen LogP contribution < -0.4 is 4.89 Å². The molecule has 10 heteroatoms. The molecule has 0 amide bonds. The minimum absolute atomic E-state index is 0.0360. The smallest absolute Gasteiger partial charge is 0.306 e. The summed E-state index contributed by atoms with van der Waals surface area (Å²) in [5.74, 6) is -0.860. The third kappa shape index (κ3) is 45.5. The summed E-state index contributed by atoms with van der Waals surface area (Å²) in [6.45, 7) is 4.18. The number of phosphoric ester groups is 1. The number of esters is 2. The Hall–Kier alpha value is -2.03. The van der Waals surface area contributed by atoms with Gasteiger partial charge in [0.15, 0.2) is 6.10 Å². The zero-order valence-electron chi connectivity index (χ0n) is 39.4.